The largest absolute Gasteiger partial charge is 0.329 e. The summed E-state index contributed by atoms with van der Waals surface area (Å²) < 4.78 is 0. The van der Waals surface area contributed by atoms with Crippen molar-refractivity contribution in [1.82, 2.24) is 0 Å². The fraction of sp³-hybridized carbons (Fsp3) is 0.0714. The quantitative estimate of drug-likeness (QED) is 0.817. The average Bonchev–Trinajstić information content (AvgIpc) is 2.33. The van der Waals surface area contributed by atoms with Gasteiger partial charge in [0.25, 0.3) is 0 Å². The molecule has 2 aromatic carbocycles. The zero-order valence-electron chi connectivity index (χ0n) is 9.41. The number of rotatable bonds is 3. The van der Waals surface area contributed by atoms with Crippen LogP contribution in [0.5, 0.6) is 0 Å². The molecule has 2 rings (SSSR count). The molecule has 0 heterocycles. The van der Waals surface area contributed by atoms with Gasteiger partial charge in [-0.15, -0.1) is 0 Å². The third-order valence-electron chi connectivity index (χ3n) is 2.55. The van der Waals surface area contributed by atoms with Crippen molar-refractivity contribution in [2.24, 2.45) is 0 Å². The van der Waals surface area contributed by atoms with Crippen molar-refractivity contribution in [1.29, 1.82) is 0 Å². The van der Waals surface area contributed by atoms with Gasteiger partial charge in [0.1, 0.15) is 0 Å². The van der Waals surface area contributed by atoms with Crippen molar-refractivity contribution in [3.8, 4) is 11.1 Å². The molecule has 0 aliphatic rings. The van der Waals surface area contributed by atoms with Gasteiger partial charge in [0.15, 0.2) is 0 Å². The van der Waals surface area contributed by atoms with Crippen LogP contribution in [0, 0.1) is 6.92 Å². The van der Waals surface area contributed by atoms with Crippen LogP contribution in [0.1, 0.15) is 5.56 Å². The fourth-order valence-electron chi connectivity index (χ4n) is 1.64. The maximum atomic E-state index is 10.4. The van der Waals surface area contributed by atoms with Crippen LogP contribution in [0.25, 0.3) is 11.1 Å². The highest BCUT2D eigenvalue weighted by molar-refractivity contribution is 6.33. The average molecular weight is 246 g/mol. The van der Waals surface area contributed by atoms with E-state index in [9.17, 15) is 4.79 Å². The Morgan fingerprint density at radius 2 is 1.82 bits per heavy atom. The summed E-state index contributed by atoms with van der Waals surface area (Å²) >= 11 is 6.15. The van der Waals surface area contributed by atoms with Gasteiger partial charge in [-0.2, -0.15) is 0 Å². The normalized spacial score (nSPS) is 10.0. The number of halogens is 1. The Morgan fingerprint density at radius 3 is 2.47 bits per heavy atom. The van der Waals surface area contributed by atoms with Crippen molar-refractivity contribution in [2.45, 2.75) is 6.92 Å². The van der Waals surface area contributed by atoms with E-state index in [2.05, 4.69) is 5.32 Å². The minimum atomic E-state index is 0.655. The smallest absolute Gasteiger partial charge is 0.211 e. The van der Waals surface area contributed by atoms with Gasteiger partial charge in [-0.3, -0.25) is 4.79 Å². The van der Waals surface area contributed by atoms with Crippen LogP contribution in [0.2, 0.25) is 5.02 Å². The Morgan fingerprint density at radius 1 is 1.12 bits per heavy atom. The fourth-order valence-corrected chi connectivity index (χ4v) is 1.86. The number of carbonyl (C=O) groups excluding carboxylic acids is 1. The Labute approximate surface area is 105 Å². The molecule has 0 aliphatic heterocycles. The molecule has 1 amide bonds. The molecular formula is C14H12ClNO. The Bertz CT molecular complexity index is 534. The monoisotopic (exact) mass is 245 g/mol. The number of hydrogen-bond acceptors (Lipinski definition) is 1. The second-order valence-electron chi connectivity index (χ2n) is 3.82. The van der Waals surface area contributed by atoms with Gasteiger partial charge in [-0.1, -0.05) is 41.4 Å². The minimum absolute atomic E-state index is 0.655. The van der Waals surface area contributed by atoms with Crippen molar-refractivity contribution < 1.29 is 4.79 Å². The third kappa shape index (κ3) is 2.66. The van der Waals surface area contributed by atoms with E-state index in [0.29, 0.717) is 11.4 Å². The van der Waals surface area contributed by atoms with Crippen LogP contribution < -0.4 is 5.32 Å². The van der Waals surface area contributed by atoms with Gasteiger partial charge >= 0.3 is 0 Å². The third-order valence-corrected chi connectivity index (χ3v) is 2.88. The molecule has 0 radical (unpaired) electrons. The molecule has 0 fully saturated rings. The highest BCUT2D eigenvalue weighted by atomic mass is 35.5. The summed E-state index contributed by atoms with van der Waals surface area (Å²) in [6, 6.07) is 13.5. The molecule has 0 saturated heterocycles. The molecule has 17 heavy (non-hydrogen) atoms. The lowest BCUT2D eigenvalue weighted by Gasteiger charge is -2.07. The molecule has 86 valence electrons. The van der Waals surface area contributed by atoms with Crippen LogP contribution in [0.3, 0.4) is 0 Å². The first kappa shape index (κ1) is 11.7. The summed E-state index contributed by atoms with van der Waals surface area (Å²) in [5.41, 5.74) is 3.89. The Kier molecular flexibility index (Phi) is 3.45. The van der Waals surface area contributed by atoms with Crippen molar-refractivity contribution >= 4 is 23.7 Å². The molecule has 1 N–H and O–H groups in total. The minimum Gasteiger partial charge on any atom is -0.329 e. The number of carbonyl (C=O) groups is 1. The van der Waals surface area contributed by atoms with Crippen molar-refractivity contribution in [3.05, 3.63) is 53.1 Å². The number of aryl methyl sites for hydroxylation is 1. The van der Waals surface area contributed by atoms with E-state index in [1.165, 1.54) is 5.56 Å². The molecule has 0 unspecified atom stereocenters. The maximum absolute atomic E-state index is 10.4. The first-order valence-electron chi connectivity index (χ1n) is 5.27. The van der Waals surface area contributed by atoms with Gasteiger partial charge in [-0.25, -0.2) is 0 Å². The maximum Gasteiger partial charge on any atom is 0.211 e. The molecule has 2 nitrogen and oxygen atoms in total. The van der Waals surface area contributed by atoms with E-state index < -0.39 is 0 Å². The molecular weight excluding hydrogens is 234 g/mol. The lowest BCUT2D eigenvalue weighted by molar-refractivity contribution is -0.105. The second kappa shape index (κ2) is 5.02. The molecule has 2 aromatic rings. The highest BCUT2D eigenvalue weighted by Crippen LogP contribution is 2.30. The standard InChI is InChI=1S/C14H12ClNO/c1-10-2-4-11(5-3-10)13-8-12(16-9-17)6-7-14(13)15/h2-9H,1H3,(H,16,17). The zero-order chi connectivity index (χ0) is 12.3. The van der Waals surface area contributed by atoms with Gasteiger partial charge in [0.2, 0.25) is 6.41 Å². The molecule has 0 spiro atoms. The lowest BCUT2D eigenvalue weighted by Crippen LogP contribution is -1.93. The molecule has 0 aliphatic carbocycles. The van der Waals surface area contributed by atoms with E-state index >= 15 is 0 Å². The molecule has 0 saturated carbocycles. The number of nitrogens with one attached hydrogen (secondary N) is 1. The zero-order valence-corrected chi connectivity index (χ0v) is 10.2. The number of benzene rings is 2. The van der Waals surface area contributed by atoms with E-state index in [0.717, 1.165) is 16.8 Å². The number of amides is 1. The lowest BCUT2D eigenvalue weighted by atomic mass is 10.0. The molecule has 0 aromatic heterocycles. The predicted octanol–water partition coefficient (Wildman–Crippen LogP) is 3.88. The van der Waals surface area contributed by atoms with Crippen LogP contribution in [-0.2, 0) is 4.79 Å². The summed E-state index contributed by atoms with van der Waals surface area (Å²) in [5.74, 6) is 0. The van der Waals surface area contributed by atoms with Gasteiger partial charge in [0, 0.05) is 16.3 Å². The van der Waals surface area contributed by atoms with Crippen molar-refractivity contribution in [3.63, 3.8) is 0 Å². The van der Waals surface area contributed by atoms with Gasteiger partial charge < -0.3 is 5.32 Å². The van der Waals surface area contributed by atoms with Crippen molar-refractivity contribution in [2.75, 3.05) is 5.32 Å². The number of anilines is 1. The Balaban J connectivity index is 2.46. The van der Waals surface area contributed by atoms with E-state index in [-0.39, 0.29) is 0 Å². The summed E-state index contributed by atoms with van der Waals surface area (Å²) in [7, 11) is 0. The first-order chi connectivity index (χ1) is 8.20. The van der Waals surface area contributed by atoms with Gasteiger partial charge in [-0.05, 0) is 30.7 Å². The van der Waals surface area contributed by atoms with Crippen LogP contribution in [-0.4, -0.2) is 6.41 Å². The van der Waals surface area contributed by atoms with Crippen LogP contribution >= 0.6 is 11.6 Å². The second-order valence-corrected chi connectivity index (χ2v) is 4.23. The van der Waals surface area contributed by atoms with E-state index in [1.54, 1.807) is 12.1 Å². The Hall–Kier alpha value is -1.80. The van der Waals surface area contributed by atoms with Crippen LogP contribution in [0.15, 0.2) is 42.5 Å². The van der Waals surface area contributed by atoms with E-state index in [1.807, 2.05) is 37.3 Å². The van der Waals surface area contributed by atoms with E-state index in [4.69, 9.17) is 11.6 Å². The summed E-state index contributed by atoms with van der Waals surface area (Å²) in [4.78, 5) is 10.4. The van der Waals surface area contributed by atoms with Gasteiger partial charge in [0.05, 0.1) is 0 Å². The molecule has 3 heteroatoms. The molecule has 0 atom stereocenters. The van der Waals surface area contributed by atoms with Crippen LogP contribution in [0.4, 0.5) is 5.69 Å². The topological polar surface area (TPSA) is 29.1 Å². The highest BCUT2D eigenvalue weighted by Gasteiger charge is 2.04. The first-order valence-corrected chi connectivity index (χ1v) is 5.65. The SMILES string of the molecule is Cc1ccc(-c2cc(NC=O)ccc2Cl)cc1. The summed E-state index contributed by atoms with van der Waals surface area (Å²) in [6.07, 6.45) is 0.655. The summed E-state index contributed by atoms with van der Waals surface area (Å²) in [5, 5.41) is 3.29. The summed E-state index contributed by atoms with van der Waals surface area (Å²) in [6.45, 7) is 2.04. The number of hydrogen-bond donors (Lipinski definition) is 1. The molecule has 0 bridgehead atoms. The predicted molar refractivity (Wildman–Crippen MR) is 71.3 cm³/mol.